The van der Waals surface area contributed by atoms with Gasteiger partial charge in [0.1, 0.15) is 6.04 Å². The van der Waals surface area contributed by atoms with Crippen LogP contribution in [0, 0.1) is 5.92 Å². The van der Waals surface area contributed by atoms with Crippen molar-refractivity contribution in [3.63, 3.8) is 0 Å². The average molecular weight is 158 g/mol. The SMILES string of the molecule is N[C@H](C(=O)O)C1CCNCC1. The Balaban J connectivity index is 2.38. The average Bonchev–Trinajstić information content (AvgIpc) is 2.05. The van der Waals surface area contributed by atoms with Crippen molar-refractivity contribution in [2.24, 2.45) is 11.7 Å². The van der Waals surface area contributed by atoms with E-state index in [0.29, 0.717) is 0 Å². The summed E-state index contributed by atoms with van der Waals surface area (Å²) in [4.78, 5) is 10.5. The van der Waals surface area contributed by atoms with E-state index in [1.807, 2.05) is 0 Å². The highest BCUT2D eigenvalue weighted by molar-refractivity contribution is 5.73. The molecule has 0 radical (unpaired) electrons. The molecule has 4 nitrogen and oxygen atoms in total. The molecule has 11 heavy (non-hydrogen) atoms. The molecule has 1 fully saturated rings. The molecule has 1 rings (SSSR count). The molecule has 0 aromatic carbocycles. The molecule has 0 aromatic heterocycles. The van der Waals surface area contributed by atoms with E-state index in [0.717, 1.165) is 25.9 Å². The Labute approximate surface area is 65.8 Å². The van der Waals surface area contributed by atoms with Gasteiger partial charge < -0.3 is 16.2 Å². The summed E-state index contributed by atoms with van der Waals surface area (Å²) in [6.07, 6.45) is 1.76. The first-order chi connectivity index (χ1) is 5.22. The van der Waals surface area contributed by atoms with E-state index < -0.39 is 12.0 Å². The molecular formula is C7H14N2O2. The Hall–Kier alpha value is -0.610. The molecule has 64 valence electrons. The molecule has 4 heteroatoms. The van der Waals surface area contributed by atoms with Gasteiger partial charge in [0.15, 0.2) is 0 Å². The van der Waals surface area contributed by atoms with Gasteiger partial charge in [-0.2, -0.15) is 0 Å². The minimum atomic E-state index is -0.878. The van der Waals surface area contributed by atoms with E-state index in [2.05, 4.69) is 5.32 Å². The van der Waals surface area contributed by atoms with Crippen LogP contribution in [0.4, 0.5) is 0 Å². The zero-order chi connectivity index (χ0) is 8.27. The Morgan fingerprint density at radius 1 is 1.55 bits per heavy atom. The van der Waals surface area contributed by atoms with Crippen molar-refractivity contribution in [2.45, 2.75) is 18.9 Å². The molecular weight excluding hydrogens is 144 g/mol. The number of piperidine rings is 1. The maximum atomic E-state index is 10.5. The van der Waals surface area contributed by atoms with Crippen LogP contribution in [0.1, 0.15) is 12.8 Å². The molecule has 0 aromatic rings. The van der Waals surface area contributed by atoms with E-state index in [1.165, 1.54) is 0 Å². The third-order valence-electron chi connectivity index (χ3n) is 2.18. The van der Waals surface area contributed by atoms with Gasteiger partial charge in [-0.3, -0.25) is 4.79 Å². The van der Waals surface area contributed by atoms with E-state index >= 15 is 0 Å². The molecule has 0 unspecified atom stereocenters. The summed E-state index contributed by atoms with van der Waals surface area (Å²) in [5.74, 6) is -0.717. The van der Waals surface area contributed by atoms with E-state index in [4.69, 9.17) is 10.8 Å². The lowest BCUT2D eigenvalue weighted by Crippen LogP contribution is -2.43. The Morgan fingerprint density at radius 2 is 2.09 bits per heavy atom. The maximum absolute atomic E-state index is 10.5. The number of hydrogen-bond acceptors (Lipinski definition) is 3. The zero-order valence-corrected chi connectivity index (χ0v) is 6.42. The smallest absolute Gasteiger partial charge is 0.320 e. The second-order valence-corrected chi connectivity index (χ2v) is 2.95. The van der Waals surface area contributed by atoms with Gasteiger partial charge in [-0.15, -0.1) is 0 Å². The first kappa shape index (κ1) is 8.49. The van der Waals surface area contributed by atoms with Crippen LogP contribution in [0.15, 0.2) is 0 Å². The summed E-state index contributed by atoms with van der Waals surface area (Å²) in [6.45, 7) is 1.79. The third-order valence-corrected chi connectivity index (χ3v) is 2.18. The predicted molar refractivity (Wildman–Crippen MR) is 41.2 cm³/mol. The molecule has 1 aliphatic heterocycles. The summed E-state index contributed by atoms with van der Waals surface area (Å²) in [5, 5.41) is 11.7. The lowest BCUT2D eigenvalue weighted by Gasteiger charge is -2.25. The summed E-state index contributed by atoms with van der Waals surface area (Å²) in [5.41, 5.74) is 5.46. The molecule has 0 spiro atoms. The number of nitrogens with one attached hydrogen (secondary N) is 1. The van der Waals surface area contributed by atoms with Crippen molar-refractivity contribution < 1.29 is 9.90 Å². The molecule has 1 atom stereocenters. The van der Waals surface area contributed by atoms with Crippen LogP contribution < -0.4 is 11.1 Å². The van der Waals surface area contributed by atoms with Crippen LogP contribution in [0.5, 0.6) is 0 Å². The Morgan fingerprint density at radius 3 is 2.55 bits per heavy atom. The van der Waals surface area contributed by atoms with Crippen molar-refractivity contribution in [1.82, 2.24) is 5.32 Å². The van der Waals surface area contributed by atoms with E-state index in [-0.39, 0.29) is 5.92 Å². The lowest BCUT2D eigenvalue weighted by atomic mass is 9.91. The van der Waals surface area contributed by atoms with E-state index in [9.17, 15) is 4.79 Å². The normalized spacial score (nSPS) is 23.0. The van der Waals surface area contributed by atoms with Gasteiger partial charge in [-0.05, 0) is 31.8 Å². The van der Waals surface area contributed by atoms with Crippen LogP contribution >= 0.6 is 0 Å². The van der Waals surface area contributed by atoms with Crippen molar-refractivity contribution in [1.29, 1.82) is 0 Å². The summed E-state index contributed by atoms with van der Waals surface area (Å²) >= 11 is 0. The minimum Gasteiger partial charge on any atom is -0.480 e. The van der Waals surface area contributed by atoms with Gasteiger partial charge in [0, 0.05) is 0 Å². The molecule has 4 N–H and O–H groups in total. The molecule has 0 amide bonds. The standard InChI is InChI=1S/C7H14N2O2/c8-6(7(10)11)5-1-3-9-4-2-5/h5-6,9H,1-4,8H2,(H,10,11)/t6-/m0/s1. The van der Waals surface area contributed by atoms with Crippen molar-refractivity contribution in [3.05, 3.63) is 0 Å². The highest BCUT2D eigenvalue weighted by Crippen LogP contribution is 2.14. The van der Waals surface area contributed by atoms with Gasteiger partial charge in [0.2, 0.25) is 0 Å². The zero-order valence-electron chi connectivity index (χ0n) is 6.42. The number of carboxylic acid groups (broad SMARTS) is 1. The van der Waals surface area contributed by atoms with Gasteiger partial charge >= 0.3 is 5.97 Å². The van der Waals surface area contributed by atoms with Gasteiger partial charge in [0.05, 0.1) is 0 Å². The quantitative estimate of drug-likeness (QED) is 0.501. The van der Waals surface area contributed by atoms with Crippen molar-refractivity contribution in [2.75, 3.05) is 13.1 Å². The summed E-state index contributed by atoms with van der Waals surface area (Å²) in [7, 11) is 0. The maximum Gasteiger partial charge on any atom is 0.320 e. The lowest BCUT2D eigenvalue weighted by molar-refractivity contribution is -0.140. The van der Waals surface area contributed by atoms with Crippen LogP contribution in [0.2, 0.25) is 0 Å². The molecule has 0 aliphatic carbocycles. The Bertz CT molecular complexity index is 143. The number of carbonyl (C=O) groups is 1. The highest BCUT2D eigenvalue weighted by Gasteiger charge is 2.25. The van der Waals surface area contributed by atoms with Crippen molar-refractivity contribution >= 4 is 5.97 Å². The predicted octanol–water partition coefficient (Wildman–Crippen LogP) is -0.602. The fraction of sp³-hybridized carbons (Fsp3) is 0.857. The molecule has 1 saturated heterocycles. The molecule has 0 bridgehead atoms. The number of nitrogens with two attached hydrogens (primary N) is 1. The third kappa shape index (κ3) is 2.17. The summed E-state index contributed by atoms with van der Waals surface area (Å²) in [6, 6.07) is -0.669. The topological polar surface area (TPSA) is 75.4 Å². The van der Waals surface area contributed by atoms with Crippen LogP contribution in [0.3, 0.4) is 0 Å². The van der Waals surface area contributed by atoms with E-state index in [1.54, 1.807) is 0 Å². The molecule has 1 heterocycles. The van der Waals surface area contributed by atoms with Gasteiger partial charge in [-0.25, -0.2) is 0 Å². The first-order valence-corrected chi connectivity index (χ1v) is 3.91. The molecule has 1 aliphatic rings. The fourth-order valence-corrected chi connectivity index (χ4v) is 1.41. The second kappa shape index (κ2) is 3.69. The number of carboxylic acids is 1. The largest absolute Gasteiger partial charge is 0.480 e. The molecule has 0 saturated carbocycles. The minimum absolute atomic E-state index is 0.161. The number of hydrogen-bond donors (Lipinski definition) is 3. The number of rotatable bonds is 2. The van der Waals surface area contributed by atoms with Crippen LogP contribution in [-0.2, 0) is 4.79 Å². The van der Waals surface area contributed by atoms with Crippen LogP contribution in [-0.4, -0.2) is 30.2 Å². The Kier molecular flexibility index (Phi) is 2.84. The number of aliphatic carboxylic acids is 1. The van der Waals surface area contributed by atoms with Crippen molar-refractivity contribution in [3.8, 4) is 0 Å². The monoisotopic (exact) mass is 158 g/mol. The fourth-order valence-electron chi connectivity index (χ4n) is 1.41. The van der Waals surface area contributed by atoms with Crippen LogP contribution in [0.25, 0.3) is 0 Å². The second-order valence-electron chi connectivity index (χ2n) is 2.95. The van der Waals surface area contributed by atoms with Gasteiger partial charge in [-0.1, -0.05) is 0 Å². The highest BCUT2D eigenvalue weighted by atomic mass is 16.4. The summed E-state index contributed by atoms with van der Waals surface area (Å²) < 4.78 is 0. The van der Waals surface area contributed by atoms with Gasteiger partial charge in [0.25, 0.3) is 0 Å². The first-order valence-electron chi connectivity index (χ1n) is 3.91.